The molecule has 1 aromatic carbocycles. The molecule has 0 saturated carbocycles. The Labute approximate surface area is 126 Å². The van der Waals surface area contributed by atoms with E-state index in [4.69, 9.17) is 9.47 Å². The second kappa shape index (κ2) is 6.92. The molecule has 2 aromatic rings. The molecule has 0 spiro atoms. The summed E-state index contributed by atoms with van der Waals surface area (Å²) in [5, 5.41) is 2.11. The molecule has 0 aliphatic carbocycles. The monoisotopic (exact) mass is 304 g/mol. The number of rotatable bonds is 0. The van der Waals surface area contributed by atoms with Crippen LogP contribution in [0.3, 0.4) is 0 Å². The fourth-order valence-corrected chi connectivity index (χ4v) is 1.42. The Hall–Kier alpha value is -0.666. The van der Waals surface area contributed by atoms with Gasteiger partial charge in [0.1, 0.15) is 0 Å². The molecule has 0 N–H and O–H groups in total. The van der Waals surface area contributed by atoms with Crippen molar-refractivity contribution in [3.63, 3.8) is 0 Å². The van der Waals surface area contributed by atoms with Gasteiger partial charge in [0, 0.05) is 32.7 Å². The van der Waals surface area contributed by atoms with E-state index in [1.54, 1.807) is 6.20 Å². The van der Waals surface area contributed by atoms with Crippen LogP contribution in [0.2, 0.25) is 0 Å². The van der Waals surface area contributed by atoms with Gasteiger partial charge in [0.25, 0.3) is 0 Å². The predicted octanol–water partition coefficient (Wildman–Crippen LogP) is 2.99. The van der Waals surface area contributed by atoms with E-state index < -0.39 is 0 Å². The molecule has 0 bridgehead atoms. The molecule has 87 valence electrons. The Kier molecular flexibility index (Phi) is 5.86. The van der Waals surface area contributed by atoms with Gasteiger partial charge in [0.15, 0.2) is 11.5 Å². The van der Waals surface area contributed by atoms with Crippen LogP contribution in [0.1, 0.15) is 13.8 Å². The van der Waals surface area contributed by atoms with Gasteiger partial charge in [0.2, 0.25) is 6.79 Å². The van der Waals surface area contributed by atoms with Crippen LogP contribution in [0.4, 0.5) is 0 Å². The molecule has 0 fully saturated rings. The van der Waals surface area contributed by atoms with Crippen molar-refractivity contribution >= 4 is 10.8 Å². The first-order valence-electron chi connectivity index (χ1n) is 5.14. The van der Waals surface area contributed by atoms with E-state index in [0.717, 1.165) is 22.3 Å². The number of benzene rings is 1. The van der Waals surface area contributed by atoms with Crippen molar-refractivity contribution in [1.82, 2.24) is 4.98 Å². The van der Waals surface area contributed by atoms with E-state index >= 15 is 0 Å². The third-order valence-electron chi connectivity index (χ3n) is 2.08. The Morgan fingerprint density at radius 1 is 1.18 bits per heavy atom. The Balaban J connectivity index is 0.000000331. The fraction of sp³-hybridized carbons (Fsp3) is 0.231. The smallest absolute Gasteiger partial charge is 0.231 e. The largest absolute Gasteiger partial charge is 0.455 e. The average molecular weight is 304 g/mol. The van der Waals surface area contributed by atoms with E-state index in [1.807, 2.05) is 38.5 Å². The van der Waals surface area contributed by atoms with E-state index in [2.05, 4.69) is 11.2 Å². The molecule has 1 aliphatic rings. The standard InChI is InChI=1S/C10H6NO2.C3H7.Y/c1-2-11-5-8-4-10-9(3-7(1)8)12-6-13-10;1-3-2;/h1,3-5H,6H2;3H,1-2H3;/q2*-1;. The van der Waals surface area contributed by atoms with Crippen LogP contribution in [0.25, 0.3) is 10.8 Å². The molecule has 4 heteroatoms. The van der Waals surface area contributed by atoms with Crippen LogP contribution >= 0.6 is 0 Å². The first-order chi connectivity index (χ1) is 7.85. The van der Waals surface area contributed by atoms with Gasteiger partial charge in [-0.25, -0.2) is 0 Å². The fourth-order valence-electron chi connectivity index (χ4n) is 1.42. The van der Waals surface area contributed by atoms with Crippen molar-refractivity contribution in [2.75, 3.05) is 6.79 Å². The molecule has 3 nitrogen and oxygen atoms in total. The number of fused-ring (bicyclic) bond motifs is 2. The van der Waals surface area contributed by atoms with Gasteiger partial charge in [-0.1, -0.05) is 18.5 Å². The summed E-state index contributed by atoms with van der Waals surface area (Å²) in [6.07, 6.45) is 6.54. The minimum Gasteiger partial charge on any atom is -0.455 e. The van der Waals surface area contributed by atoms with E-state index in [0.29, 0.717) is 6.79 Å². The summed E-state index contributed by atoms with van der Waals surface area (Å²) >= 11 is 0. The van der Waals surface area contributed by atoms with Crippen molar-refractivity contribution < 1.29 is 42.2 Å². The number of ether oxygens (including phenoxy) is 2. The molecule has 3 rings (SSSR count). The first-order valence-corrected chi connectivity index (χ1v) is 5.14. The van der Waals surface area contributed by atoms with Gasteiger partial charge in [-0.2, -0.15) is 19.9 Å². The van der Waals surface area contributed by atoms with Crippen molar-refractivity contribution in [1.29, 1.82) is 0 Å². The molecule has 2 heterocycles. The molecule has 0 saturated heterocycles. The molecule has 0 amide bonds. The van der Waals surface area contributed by atoms with Gasteiger partial charge >= 0.3 is 0 Å². The third-order valence-corrected chi connectivity index (χ3v) is 2.08. The molecule has 0 unspecified atom stereocenters. The van der Waals surface area contributed by atoms with Gasteiger partial charge in [-0.05, 0) is 6.07 Å². The Bertz CT molecular complexity index is 445. The minimum atomic E-state index is 0. The predicted molar refractivity (Wildman–Crippen MR) is 62.4 cm³/mol. The van der Waals surface area contributed by atoms with Crippen LogP contribution in [-0.2, 0) is 32.7 Å². The molecule has 17 heavy (non-hydrogen) atoms. The Morgan fingerprint density at radius 2 is 1.76 bits per heavy atom. The average Bonchev–Trinajstić information content (AvgIpc) is 2.74. The van der Waals surface area contributed by atoms with Gasteiger partial charge in [-0.15, -0.1) is 10.8 Å². The Morgan fingerprint density at radius 3 is 2.41 bits per heavy atom. The summed E-state index contributed by atoms with van der Waals surface area (Å²) in [7, 11) is 0. The zero-order chi connectivity index (χ0) is 11.4. The summed E-state index contributed by atoms with van der Waals surface area (Å²) in [5.41, 5.74) is 0. The van der Waals surface area contributed by atoms with Crippen LogP contribution < -0.4 is 9.47 Å². The van der Waals surface area contributed by atoms with Gasteiger partial charge in [-0.3, -0.25) is 0 Å². The SMILES string of the molecule is C[CH-]C.[Y].[c-]1cc2cc3c(cc2cn1)OCO3. The maximum atomic E-state index is 5.25. The quantitative estimate of drug-likeness (QED) is 0.701. The molecule has 1 radical (unpaired) electrons. The molecular formula is C13H13NO2Y-2. The zero-order valence-corrected chi connectivity index (χ0v) is 12.8. The number of nitrogens with zero attached hydrogens (tertiary/aromatic N) is 1. The van der Waals surface area contributed by atoms with Crippen LogP contribution in [0, 0.1) is 12.6 Å². The van der Waals surface area contributed by atoms with E-state index in [1.165, 1.54) is 0 Å². The molecule has 1 aromatic heterocycles. The van der Waals surface area contributed by atoms with Crippen LogP contribution in [0.5, 0.6) is 11.5 Å². The second-order valence-electron chi connectivity index (χ2n) is 3.44. The summed E-state index contributed by atoms with van der Waals surface area (Å²) in [6, 6.07) is 5.70. The summed E-state index contributed by atoms with van der Waals surface area (Å²) in [6.45, 7) is 4.31. The maximum Gasteiger partial charge on any atom is 0.231 e. The number of hydrogen-bond acceptors (Lipinski definition) is 3. The molecule has 0 atom stereocenters. The number of aromatic nitrogens is 1. The number of pyridine rings is 1. The first kappa shape index (κ1) is 14.4. The summed E-state index contributed by atoms with van der Waals surface area (Å²) in [5.74, 6) is 1.59. The third kappa shape index (κ3) is 3.40. The van der Waals surface area contributed by atoms with Crippen LogP contribution in [-0.4, -0.2) is 11.8 Å². The molecular weight excluding hydrogens is 291 g/mol. The normalized spacial score (nSPS) is 11.4. The molecule has 1 aliphatic heterocycles. The maximum absolute atomic E-state index is 5.25. The minimum absolute atomic E-state index is 0. The van der Waals surface area contributed by atoms with Crippen molar-refractivity contribution in [3.8, 4) is 11.5 Å². The summed E-state index contributed by atoms with van der Waals surface area (Å²) < 4.78 is 10.5. The zero-order valence-electron chi connectivity index (χ0n) is 9.93. The van der Waals surface area contributed by atoms with Crippen LogP contribution in [0.15, 0.2) is 24.4 Å². The van der Waals surface area contributed by atoms with Gasteiger partial charge < -0.3 is 20.9 Å². The van der Waals surface area contributed by atoms with Gasteiger partial charge in [0.05, 0.1) is 0 Å². The summed E-state index contributed by atoms with van der Waals surface area (Å²) in [4.78, 5) is 3.92. The van der Waals surface area contributed by atoms with E-state index in [9.17, 15) is 0 Å². The van der Waals surface area contributed by atoms with Crippen molar-refractivity contribution in [2.45, 2.75) is 13.8 Å². The second-order valence-corrected chi connectivity index (χ2v) is 3.44. The van der Waals surface area contributed by atoms with Crippen molar-refractivity contribution in [2.24, 2.45) is 0 Å². The number of hydrogen-bond donors (Lipinski definition) is 0. The topological polar surface area (TPSA) is 31.4 Å². The van der Waals surface area contributed by atoms with E-state index in [-0.39, 0.29) is 32.7 Å². The van der Waals surface area contributed by atoms with Crippen molar-refractivity contribution in [3.05, 3.63) is 37.0 Å².